The van der Waals surface area contributed by atoms with E-state index in [9.17, 15) is 4.79 Å². The first kappa shape index (κ1) is 12.4. The molecule has 92 valence electrons. The highest BCUT2D eigenvalue weighted by atomic mass is 35.5. The molecule has 1 aromatic rings. The molecule has 0 saturated carbocycles. The summed E-state index contributed by atoms with van der Waals surface area (Å²) in [5.41, 5.74) is 1.60. The molecule has 0 spiro atoms. The monoisotopic (exact) mass is 253 g/mol. The topological polar surface area (TPSA) is 29.5 Å². The summed E-state index contributed by atoms with van der Waals surface area (Å²) in [5.74, 6) is 0. The zero-order chi connectivity index (χ0) is 12.3. The summed E-state index contributed by atoms with van der Waals surface area (Å²) in [7, 11) is 0. The van der Waals surface area contributed by atoms with Gasteiger partial charge in [0.05, 0.1) is 17.7 Å². The average molecular weight is 254 g/mol. The van der Waals surface area contributed by atoms with Crippen LogP contribution >= 0.6 is 11.6 Å². The number of hydrogen-bond acceptors (Lipinski definition) is 3. The summed E-state index contributed by atoms with van der Waals surface area (Å²) >= 11 is 6.03. The molecule has 0 N–H and O–H groups in total. The highest BCUT2D eigenvalue weighted by molar-refractivity contribution is 6.33. The van der Waals surface area contributed by atoms with Crippen molar-refractivity contribution < 1.29 is 9.53 Å². The second-order valence-electron chi connectivity index (χ2n) is 4.17. The minimum Gasteiger partial charge on any atom is -0.375 e. The Morgan fingerprint density at radius 1 is 1.59 bits per heavy atom. The van der Waals surface area contributed by atoms with Crippen molar-refractivity contribution in [3.05, 3.63) is 28.8 Å². The number of halogens is 1. The van der Waals surface area contributed by atoms with Crippen molar-refractivity contribution in [2.24, 2.45) is 0 Å². The van der Waals surface area contributed by atoms with Gasteiger partial charge in [0.2, 0.25) is 0 Å². The third kappa shape index (κ3) is 2.79. The number of hydrogen-bond donors (Lipinski definition) is 0. The molecular weight excluding hydrogens is 238 g/mol. The fourth-order valence-electron chi connectivity index (χ4n) is 2.01. The molecule has 3 nitrogen and oxygen atoms in total. The molecule has 0 radical (unpaired) electrons. The molecule has 1 fully saturated rings. The summed E-state index contributed by atoms with van der Waals surface area (Å²) in [6.07, 6.45) is 2.07. The lowest BCUT2D eigenvalue weighted by atomic mass is 10.1. The van der Waals surface area contributed by atoms with E-state index in [1.165, 1.54) is 0 Å². The van der Waals surface area contributed by atoms with Crippen LogP contribution in [0.5, 0.6) is 0 Å². The molecule has 2 rings (SSSR count). The maximum Gasteiger partial charge on any atom is 0.151 e. The molecule has 1 aliphatic heterocycles. The van der Waals surface area contributed by atoms with Crippen LogP contribution < -0.4 is 4.90 Å². The largest absolute Gasteiger partial charge is 0.375 e. The predicted octanol–water partition coefficient (Wildman–Crippen LogP) is 2.77. The van der Waals surface area contributed by atoms with Crippen molar-refractivity contribution in [3.8, 4) is 0 Å². The molecule has 0 aromatic heterocycles. The number of morpholine rings is 1. The molecule has 1 aromatic carbocycles. The summed E-state index contributed by atoms with van der Waals surface area (Å²) in [4.78, 5) is 12.9. The van der Waals surface area contributed by atoms with Gasteiger partial charge in [-0.15, -0.1) is 0 Å². The number of benzene rings is 1. The number of carbonyl (C=O) groups excluding carboxylic acids is 1. The summed E-state index contributed by atoms with van der Waals surface area (Å²) in [5, 5.41) is 0.511. The SMILES string of the molecule is CCC1CN(c2ccc(C=O)c(Cl)c2)CCO1. The van der Waals surface area contributed by atoms with Crippen LogP contribution in [0.25, 0.3) is 0 Å². The van der Waals surface area contributed by atoms with Crippen LogP contribution in [0.1, 0.15) is 23.7 Å². The number of anilines is 1. The highest BCUT2D eigenvalue weighted by Crippen LogP contribution is 2.24. The summed E-state index contributed by atoms with van der Waals surface area (Å²) < 4.78 is 5.62. The van der Waals surface area contributed by atoms with Gasteiger partial charge in [-0.1, -0.05) is 18.5 Å². The van der Waals surface area contributed by atoms with Crippen molar-refractivity contribution in [3.63, 3.8) is 0 Å². The fraction of sp³-hybridized carbons (Fsp3) is 0.462. The Kier molecular flexibility index (Phi) is 4.02. The smallest absolute Gasteiger partial charge is 0.151 e. The number of aldehydes is 1. The van der Waals surface area contributed by atoms with E-state index >= 15 is 0 Å². The Hall–Kier alpha value is -1.06. The van der Waals surface area contributed by atoms with E-state index in [1.807, 2.05) is 12.1 Å². The van der Waals surface area contributed by atoms with Gasteiger partial charge in [0, 0.05) is 24.3 Å². The zero-order valence-corrected chi connectivity index (χ0v) is 10.6. The van der Waals surface area contributed by atoms with Gasteiger partial charge >= 0.3 is 0 Å². The van der Waals surface area contributed by atoms with Crippen molar-refractivity contribution >= 4 is 23.6 Å². The average Bonchev–Trinajstić information content (AvgIpc) is 2.38. The molecule has 0 aliphatic carbocycles. The maximum atomic E-state index is 10.7. The highest BCUT2D eigenvalue weighted by Gasteiger charge is 2.19. The number of nitrogens with zero attached hydrogens (tertiary/aromatic N) is 1. The second kappa shape index (κ2) is 5.52. The van der Waals surface area contributed by atoms with Gasteiger partial charge in [-0.05, 0) is 24.6 Å². The fourth-order valence-corrected chi connectivity index (χ4v) is 2.23. The Morgan fingerprint density at radius 3 is 3.06 bits per heavy atom. The quantitative estimate of drug-likeness (QED) is 0.776. The Morgan fingerprint density at radius 2 is 2.41 bits per heavy atom. The third-order valence-corrected chi connectivity index (χ3v) is 3.40. The van der Waals surface area contributed by atoms with Crippen molar-refractivity contribution in [1.82, 2.24) is 0 Å². The molecule has 1 atom stereocenters. The van der Waals surface area contributed by atoms with E-state index in [-0.39, 0.29) is 6.10 Å². The van der Waals surface area contributed by atoms with Gasteiger partial charge in [0.25, 0.3) is 0 Å². The minimum atomic E-state index is 0.285. The molecule has 17 heavy (non-hydrogen) atoms. The Labute approximate surface area is 106 Å². The van der Waals surface area contributed by atoms with Gasteiger partial charge in [-0.25, -0.2) is 0 Å². The van der Waals surface area contributed by atoms with E-state index in [2.05, 4.69) is 11.8 Å². The maximum absolute atomic E-state index is 10.7. The van der Waals surface area contributed by atoms with Crippen LogP contribution in [0.15, 0.2) is 18.2 Å². The third-order valence-electron chi connectivity index (χ3n) is 3.07. The van der Waals surface area contributed by atoms with E-state index in [0.29, 0.717) is 10.6 Å². The lowest BCUT2D eigenvalue weighted by molar-refractivity contribution is 0.0384. The molecule has 1 aliphatic rings. The van der Waals surface area contributed by atoms with Crippen LogP contribution in [0.3, 0.4) is 0 Å². The Bertz CT molecular complexity index is 408. The van der Waals surface area contributed by atoms with E-state index < -0.39 is 0 Å². The summed E-state index contributed by atoms with van der Waals surface area (Å²) in [6, 6.07) is 5.55. The molecule has 1 saturated heterocycles. The zero-order valence-electron chi connectivity index (χ0n) is 9.86. The van der Waals surface area contributed by atoms with Crippen LogP contribution in [0.4, 0.5) is 5.69 Å². The van der Waals surface area contributed by atoms with Crippen LogP contribution in [0.2, 0.25) is 5.02 Å². The minimum absolute atomic E-state index is 0.285. The number of ether oxygens (including phenoxy) is 1. The molecule has 0 amide bonds. The molecule has 4 heteroatoms. The lowest BCUT2D eigenvalue weighted by Gasteiger charge is -2.34. The number of rotatable bonds is 3. The first-order valence-corrected chi connectivity index (χ1v) is 6.23. The summed E-state index contributed by atoms with van der Waals surface area (Å²) in [6.45, 7) is 4.61. The molecular formula is C13H16ClNO2. The normalized spacial score (nSPS) is 20.4. The van der Waals surface area contributed by atoms with Gasteiger partial charge in [0.15, 0.2) is 6.29 Å². The van der Waals surface area contributed by atoms with E-state index in [0.717, 1.165) is 38.1 Å². The van der Waals surface area contributed by atoms with Gasteiger partial charge in [-0.3, -0.25) is 4.79 Å². The number of carbonyl (C=O) groups is 1. The van der Waals surface area contributed by atoms with Crippen LogP contribution in [0, 0.1) is 0 Å². The van der Waals surface area contributed by atoms with Crippen molar-refractivity contribution in [2.45, 2.75) is 19.4 Å². The molecule has 1 unspecified atom stereocenters. The standard InChI is InChI=1S/C13H16ClNO2/c1-2-12-8-15(5-6-17-12)11-4-3-10(9-16)13(14)7-11/h3-4,7,9,12H,2,5-6,8H2,1H3. The predicted molar refractivity (Wildman–Crippen MR) is 69.1 cm³/mol. The van der Waals surface area contributed by atoms with E-state index in [4.69, 9.17) is 16.3 Å². The van der Waals surface area contributed by atoms with Gasteiger partial charge in [0.1, 0.15) is 0 Å². The molecule has 1 heterocycles. The van der Waals surface area contributed by atoms with Crippen molar-refractivity contribution in [2.75, 3.05) is 24.6 Å². The van der Waals surface area contributed by atoms with Crippen LogP contribution in [-0.2, 0) is 4.74 Å². The van der Waals surface area contributed by atoms with Crippen LogP contribution in [-0.4, -0.2) is 32.1 Å². The second-order valence-corrected chi connectivity index (χ2v) is 4.58. The van der Waals surface area contributed by atoms with Gasteiger partial charge in [-0.2, -0.15) is 0 Å². The van der Waals surface area contributed by atoms with Gasteiger partial charge < -0.3 is 9.64 Å². The van der Waals surface area contributed by atoms with E-state index in [1.54, 1.807) is 6.07 Å². The first-order chi connectivity index (χ1) is 8.24. The molecule has 0 bridgehead atoms. The van der Waals surface area contributed by atoms with Crippen molar-refractivity contribution in [1.29, 1.82) is 0 Å². The first-order valence-electron chi connectivity index (χ1n) is 5.86. The lowest BCUT2D eigenvalue weighted by Crippen LogP contribution is -2.42. The Balaban J connectivity index is 2.16.